The van der Waals surface area contributed by atoms with Crippen molar-refractivity contribution in [2.24, 2.45) is 5.10 Å². The Bertz CT molecular complexity index is 937. The summed E-state index contributed by atoms with van der Waals surface area (Å²) in [6.45, 7) is 0. The smallest absolute Gasteiger partial charge is 0.335 e. The van der Waals surface area contributed by atoms with Gasteiger partial charge in [0.1, 0.15) is 5.82 Å². The van der Waals surface area contributed by atoms with Gasteiger partial charge in [-0.25, -0.2) is 17.6 Å². The van der Waals surface area contributed by atoms with E-state index in [9.17, 15) is 17.6 Å². The molecule has 2 aromatic rings. The van der Waals surface area contributed by atoms with Crippen LogP contribution >= 0.6 is 0 Å². The highest BCUT2D eigenvalue weighted by molar-refractivity contribution is 7.91. The highest BCUT2D eigenvalue weighted by Crippen LogP contribution is 2.26. The van der Waals surface area contributed by atoms with Crippen molar-refractivity contribution in [2.75, 3.05) is 11.2 Å². The Morgan fingerprint density at radius 1 is 1.17 bits per heavy atom. The Morgan fingerprint density at radius 2 is 1.88 bits per heavy atom. The number of anilines is 1. The van der Waals surface area contributed by atoms with E-state index in [4.69, 9.17) is 5.11 Å². The van der Waals surface area contributed by atoms with Gasteiger partial charge in [0, 0.05) is 12.0 Å². The summed E-state index contributed by atoms with van der Waals surface area (Å²) < 4.78 is 37.6. The van der Waals surface area contributed by atoms with E-state index in [-0.39, 0.29) is 28.2 Å². The number of hydrazone groups is 1. The first-order chi connectivity index (χ1) is 11.4. The highest BCUT2D eigenvalue weighted by Gasteiger charge is 2.28. The second kappa shape index (κ2) is 6.04. The highest BCUT2D eigenvalue weighted by atomic mass is 32.2. The molecule has 0 unspecified atom stereocenters. The van der Waals surface area contributed by atoms with Crippen LogP contribution in [0.25, 0.3) is 0 Å². The summed E-state index contributed by atoms with van der Waals surface area (Å²) in [5, 5.41) is 13.0. The molecule has 6 nitrogen and oxygen atoms in total. The third kappa shape index (κ3) is 3.13. The van der Waals surface area contributed by atoms with Gasteiger partial charge in [0.25, 0.3) is 0 Å². The summed E-state index contributed by atoms with van der Waals surface area (Å²) in [4.78, 5) is 10.9. The van der Waals surface area contributed by atoms with Crippen LogP contribution in [-0.4, -0.2) is 31.0 Å². The average molecular weight is 348 g/mol. The van der Waals surface area contributed by atoms with E-state index in [1.54, 1.807) is 12.1 Å². The molecule has 124 valence electrons. The molecular formula is C16H13FN2O4S. The first-order valence-electron chi connectivity index (χ1n) is 7.05. The second-order valence-corrected chi connectivity index (χ2v) is 7.34. The maximum absolute atomic E-state index is 13.5. The molecule has 0 aliphatic carbocycles. The van der Waals surface area contributed by atoms with Gasteiger partial charge in [0.15, 0.2) is 9.84 Å². The average Bonchev–Trinajstić information content (AvgIpc) is 2.54. The first-order valence-corrected chi connectivity index (χ1v) is 8.71. The fraction of sp³-hybridized carbons (Fsp3) is 0.125. The zero-order valence-corrected chi connectivity index (χ0v) is 13.2. The number of carboxylic acid groups (broad SMARTS) is 1. The number of sulfone groups is 1. The molecule has 3 rings (SSSR count). The molecule has 2 aromatic carbocycles. The molecule has 0 saturated carbocycles. The van der Waals surface area contributed by atoms with Crippen molar-refractivity contribution in [1.29, 1.82) is 0 Å². The number of carboxylic acids is 1. The zero-order valence-electron chi connectivity index (χ0n) is 12.4. The Labute approximate surface area is 137 Å². The molecule has 0 radical (unpaired) electrons. The summed E-state index contributed by atoms with van der Waals surface area (Å²) in [7, 11) is -3.43. The van der Waals surface area contributed by atoms with E-state index in [0.29, 0.717) is 11.4 Å². The van der Waals surface area contributed by atoms with Gasteiger partial charge in [-0.3, -0.25) is 5.43 Å². The number of fused-ring (bicyclic) bond motifs is 1. The molecule has 0 amide bonds. The number of nitrogens with zero attached hydrogens (tertiary/aromatic N) is 1. The van der Waals surface area contributed by atoms with Gasteiger partial charge < -0.3 is 5.11 Å². The summed E-state index contributed by atoms with van der Waals surface area (Å²) in [5.74, 6) is -1.66. The van der Waals surface area contributed by atoms with Gasteiger partial charge in [0.2, 0.25) is 0 Å². The van der Waals surface area contributed by atoms with Gasteiger partial charge in [0.05, 0.1) is 27.6 Å². The standard InChI is InChI=1S/C16H13FN2O4S/c17-11-3-6-15-13(9-11)14(7-8-24(15,22)23)19-18-12-4-1-10(2-5-12)16(20)21/h1-6,9,18H,7-8H2,(H,20,21)/b19-14-. The minimum Gasteiger partial charge on any atom is -0.478 e. The topological polar surface area (TPSA) is 95.8 Å². The van der Waals surface area contributed by atoms with Gasteiger partial charge in [-0.05, 0) is 42.5 Å². The molecular weight excluding hydrogens is 335 g/mol. The monoisotopic (exact) mass is 348 g/mol. The molecule has 0 atom stereocenters. The van der Waals surface area contributed by atoms with Crippen molar-refractivity contribution in [3.63, 3.8) is 0 Å². The summed E-state index contributed by atoms with van der Waals surface area (Å²) >= 11 is 0. The number of aromatic carboxylic acids is 1. The van der Waals surface area contributed by atoms with E-state index >= 15 is 0 Å². The Kier molecular flexibility index (Phi) is 4.06. The van der Waals surface area contributed by atoms with Gasteiger partial charge in [-0.15, -0.1) is 0 Å². The van der Waals surface area contributed by atoms with Crippen LogP contribution in [0.5, 0.6) is 0 Å². The number of rotatable bonds is 3. The Hall–Kier alpha value is -2.74. The lowest BCUT2D eigenvalue weighted by Gasteiger charge is -2.18. The van der Waals surface area contributed by atoms with Crippen molar-refractivity contribution in [3.05, 3.63) is 59.4 Å². The number of hydrogen-bond acceptors (Lipinski definition) is 5. The molecule has 2 N–H and O–H groups in total. The maximum atomic E-state index is 13.5. The van der Waals surface area contributed by atoms with Gasteiger partial charge >= 0.3 is 5.97 Å². The van der Waals surface area contributed by atoms with Crippen molar-refractivity contribution in [2.45, 2.75) is 11.3 Å². The predicted octanol–water partition coefficient (Wildman–Crippen LogP) is 2.52. The Balaban J connectivity index is 1.91. The van der Waals surface area contributed by atoms with Crippen LogP contribution in [0.2, 0.25) is 0 Å². The maximum Gasteiger partial charge on any atom is 0.335 e. The molecule has 24 heavy (non-hydrogen) atoms. The number of carbonyl (C=O) groups is 1. The molecule has 0 spiro atoms. The van der Waals surface area contributed by atoms with Crippen LogP contribution in [0, 0.1) is 5.82 Å². The Morgan fingerprint density at radius 3 is 2.54 bits per heavy atom. The van der Waals surface area contributed by atoms with Crippen molar-refractivity contribution < 1.29 is 22.7 Å². The SMILES string of the molecule is O=C(O)c1ccc(N/N=C2/CCS(=O)(=O)c3ccc(F)cc32)cc1. The lowest BCUT2D eigenvalue weighted by atomic mass is 10.1. The van der Waals surface area contributed by atoms with E-state index in [1.807, 2.05) is 0 Å². The van der Waals surface area contributed by atoms with E-state index in [2.05, 4.69) is 10.5 Å². The lowest BCUT2D eigenvalue weighted by molar-refractivity contribution is 0.0697. The number of halogens is 1. The lowest BCUT2D eigenvalue weighted by Crippen LogP contribution is -2.23. The normalized spacial score (nSPS) is 17.3. The van der Waals surface area contributed by atoms with Crippen LogP contribution in [0.3, 0.4) is 0 Å². The summed E-state index contributed by atoms with van der Waals surface area (Å²) in [5.41, 5.74) is 4.11. The summed E-state index contributed by atoms with van der Waals surface area (Å²) in [6, 6.07) is 9.43. The first kappa shape index (κ1) is 16.1. The van der Waals surface area contributed by atoms with Crippen molar-refractivity contribution in [3.8, 4) is 0 Å². The minimum absolute atomic E-state index is 0.0666. The van der Waals surface area contributed by atoms with E-state index in [0.717, 1.165) is 12.1 Å². The van der Waals surface area contributed by atoms with Crippen LogP contribution in [0.1, 0.15) is 22.3 Å². The fourth-order valence-electron chi connectivity index (χ4n) is 2.41. The molecule has 1 heterocycles. The van der Waals surface area contributed by atoms with Crippen molar-refractivity contribution in [1.82, 2.24) is 0 Å². The zero-order chi connectivity index (χ0) is 17.3. The van der Waals surface area contributed by atoms with Crippen LogP contribution in [0.4, 0.5) is 10.1 Å². The molecule has 0 bridgehead atoms. The van der Waals surface area contributed by atoms with E-state index < -0.39 is 21.6 Å². The van der Waals surface area contributed by atoms with Gasteiger partial charge in [-0.2, -0.15) is 5.10 Å². The fourth-order valence-corrected chi connectivity index (χ4v) is 3.88. The molecule has 0 aromatic heterocycles. The molecule has 8 heteroatoms. The molecule has 1 aliphatic heterocycles. The third-order valence-corrected chi connectivity index (χ3v) is 5.41. The molecule has 1 aliphatic rings. The number of nitrogens with one attached hydrogen (secondary N) is 1. The van der Waals surface area contributed by atoms with Crippen LogP contribution in [-0.2, 0) is 9.84 Å². The van der Waals surface area contributed by atoms with Gasteiger partial charge in [-0.1, -0.05) is 0 Å². The number of hydrogen-bond donors (Lipinski definition) is 2. The third-order valence-electron chi connectivity index (χ3n) is 3.65. The van der Waals surface area contributed by atoms with E-state index in [1.165, 1.54) is 18.2 Å². The van der Waals surface area contributed by atoms with Crippen molar-refractivity contribution >= 4 is 27.2 Å². The number of benzene rings is 2. The predicted molar refractivity (Wildman–Crippen MR) is 86.6 cm³/mol. The van der Waals surface area contributed by atoms with Crippen LogP contribution < -0.4 is 5.43 Å². The minimum atomic E-state index is -3.43. The van der Waals surface area contributed by atoms with Crippen LogP contribution in [0.15, 0.2) is 52.5 Å². The molecule has 0 saturated heterocycles. The second-order valence-electron chi connectivity index (χ2n) is 5.26. The molecule has 0 fully saturated rings. The largest absolute Gasteiger partial charge is 0.478 e. The quantitative estimate of drug-likeness (QED) is 0.656. The summed E-state index contributed by atoms with van der Waals surface area (Å²) in [6.07, 6.45) is 0.166.